The highest BCUT2D eigenvalue weighted by Gasteiger charge is 2.23. The Bertz CT molecular complexity index is 6390. The highest BCUT2D eigenvalue weighted by atomic mass is 127. The summed E-state index contributed by atoms with van der Waals surface area (Å²) in [5.41, 5.74) is -8.76. The Labute approximate surface area is 596 Å². The van der Waals surface area contributed by atoms with Crippen molar-refractivity contribution in [3.8, 4) is 11.1 Å². The van der Waals surface area contributed by atoms with Crippen molar-refractivity contribution in [2.24, 2.45) is 0 Å². The van der Waals surface area contributed by atoms with Gasteiger partial charge in [0.2, 0.25) is 0 Å². The summed E-state index contributed by atoms with van der Waals surface area (Å²) in [4.78, 5) is 6.01. The fraction of sp³-hybridized carbons (Fsp3) is 0.265. The number of halogens is 3. The smallest absolute Gasteiger partial charge is 0.456 e. The van der Waals surface area contributed by atoms with Gasteiger partial charge in [-0.1, -0.05) is 209 Å². The van der Waals surface area contributed by atoms with E-state index in [1.54, 1.807) is 18.2 Å². The van der Waals surface area contributed by atoms with Crippen LogP contribution < -0.4 is 10.9 Å². The van der Waals surface area contributed by atoms with E-state index in [2.05, 4.69) is 9.69 Å². The molecule has 0 amide bonds. The summed E-state index contributed by atoms with van der Waals surface area (Å²) in [7, 11) is -3.58. The van der Waals surface area contributed by atoms with Crippen molar-refractivity contribution < 1.29 is 103 Å². The lowest BCUT2D eigenvalue weighted by atomic mass is 9.80. The van der Waals surface area contributed by atoms with Crippen LogP contribution in [0.3, 0.4) is 0 Å². The molecule has 10 aromatic rings. The van der Waals surface area contributed by atoms with Gasteiger partial charge in [-0.3, -0.25) is 0 Å². The average Bonchev–Trinajstić information content (AvgIpc) is 1.65. The fourth-order valence-corrected chi connectivity index (χ4v) is 10.1. The first-order valence-corrected chi connectivity index (χ1v) is 25.4. The zero-order valence-electron chi connectivity index (χ0n) is 95.6. The van der Waals surface area contributed by atoms with Gasteiger partial charge in [-0.25, -0.2) is 9.69 Å². The van der Waals surface area contributed by atoms with E-state index < -0.39 is 338 Å². The molecule has 0 aliphatic carbocycles. The Kier molecular flexibility index (Phi) is 8.48. The van der Waals surface area contributed by atoms with Gasteiger partial charge in [0.1, 0.15) is 22.3 Å². The molecule has 0 saturated carbocycles. The summed E-state index contributed by atoms with van der Waals surface area (Å²) in [6.07, 6.45) is 0. The lowest BCUT2D eigenvalue weighted by Gasteiger charge is -2.20. The quantitative estimate of drug-likeness (QED) is 0.0650. The van der Waals surface area contributed by atoms with Gasteiger partial charge < -0.3 is 28.9 Å². The van der Waals surface area contributed by atoms with Gasteiger partial charge in [0.25, 0.3) is 0 Å². The lowest BCUT2D eigenvalue weighted by Crippen LogP contribution is -2.29. The average molecular weight is 1470 g/mol. The van der Waals surface area contributed by atoms with E-state index >= 15 is 0 Å². The number of benzene rings is 8. The maximum atomic E-state index is 8.89. The second-order valence-corrected chi connectivity index (χ2v) is 19.2. The minimum Gasteiger partial charge on any atom is -0.456 e. The van der Waals surface area contributed by atoms with E-state index in [0.29, 0.717) is 11.2 Å². The monoisotopic (exact) mass is 1470 g/mol. The third-order valence-corrected chi connectivity index (χ3v) is 13.7. The van der Waals surface area contributed by atoms with E-state index in [1.807, 2.05) is 0 Å². The van der Waals surface area contributed by atoms with Crippen LogP contribution in [-0.2, 0) is 0 Å². The predicted octanol–water partition coefficient (Wildman–Crippen LogP) is 18.9. The normalized spacial score (nSPS) is 24.6. The van der Waals surface area contributed by atoms with Crippen molar-refractivity contribution in [1.29, 1.82) is 0 Å². The number of nitrogens with zero attached hydrogens (tertiary/aromatic N) is 2. The molecule has 0 saturated heterocycles. The number of para-hydroxylation sites is 2. The van der Waals surface area contributed by atoms with Crippen LogP contribution in [-0.4, -0.2) is 34.3 Å². The maximum absolute atomic E-state index is 8.89. The highest BCUT2D eigenvalue weighted by molar-refractivity contribution is 14.1. The van der Waals surface area contributed by atoms with Crippen LogP contribution in [0.25, 0.3) is 64.7 Å². The molecule has 0 bridgehead atoms. The molecule has 0 aliphatic heterocycles. The minimum atomic E-state index is -3.69. The largest absolute Gasteiger partial charge is 0.487 e. The van der Waals surface area contributed by atoms with Crippen LogP contribution in [0, 0.1) is 23.9 Å². The Hall–Kier alpha value is -5.50. The molecule has 8 aromatic carbocycles. The molecule has 3 atom stereocenters. The van der Waals surface area contributed by atoms with Crippen molar-refractivity contribution in [2.75, 3.05) is 0 Å². The molecular weight excluding hydrogens is 1340 g/mol. The summed E-state index contributed by atoms with van der Waals surface area (Å²) < 4.78 is 444. The molecule has 0 spiro atoms. The maximum Gasteiger partial charge on any atom is 0.487 e. The summed E-state index contributed by atoms with van der Waals surface area (Å²) >= 11 is 4.12. The Morgan fingerprint density at radius 2 is 1.05 bits per heavy atom. The molecule has 416 valence electrons. The van der Waals surface area contributed by atoms with Crippen LogP contribution in [0.1, 0.15) is 225 Å². The number of hydrogen-bond acceptors (Lipinski definition) is 6. The van der Waals surface area contributed by atoms with E-state index in [9.17, 15) is 0 Å². The lowest BCUT2D eigenvalue weighted by molar-refractivity contribution is 0.424. The summed E-state index contributed by atoms with van der Waals surface area (Å²) in [6.45, 7) is -14.9. The van der Waals surface area contributed by atoms with Crippen molar-refractivity contribution in [3.05, 3.63) is 218 Å². The third-order valence-electron chi connectivity index (χ3n) is 10.4. The second-order valence-electron chi connectivity index (χ2n) is 15.9. The minimum absolute atomic E-state index is 0.343. The molecule has 81 heavy (non-hydrogen) atoms. The summed E-state index contributed by atoms with van der Waals surface area (Å²) in [6, 6.07) is -9.99. The van der Waals surface area contributed by atoms with Gasteiger partial charge in [-0.05, 0) is 177 Å². The van der Waals surface area contributed by atoms with Crippen LogP contribution in [0.2, 0.25) is 0 Å². The molecule has 4 N–H and O–H groups in total. The standard InChI is InChI=1S/2C18H19IO.C18H21I.2C7H6BNO2/c1-10(2)13-9-14-12-7-5-6-8-15(12)20-18(14)16(11(3)4)17(13)19;1-10(2)13-9-15-17(16(11(3)4)18(13)19)12-7-5-6-8-14(12)20-15;1-12(2)15-10-11-16(14-8-6-5-7-9-14)17(13(3)4)18(15)19;2*1-9-7-4-2-3-6(5-7)8(10)11/h2*5-11H,1-4H3;5-13H,1-4H3;2*2-5,10-11H/i2*1D3,2D3,3D3,5D,6D,7D,8D,9D,10D,11D;1D3,3D3,4D3,5D,6D,7D,8D,9D,10D,11D,12D,13D;2D,3D,4D,5D;. The van der Waals surface area contributed by atoms with Gasteiger partial charge in [0, 0.05) is 85.8 Å². The van der Waals surface area contributed by atoms with Gasteiger partial charge in [0.05, 0.1) is 39.2 Å². The van der Waals surface area contributed by atoms with Crippen molar-refractivity contribution in [2.45, 2.75) is 118 Å². The Morgan fingerprint density at radius 1 is 0.494 bits per heavy atom. The molecule has 2 heterocycles. The third kappa shape index (κ3) is 15.8. The Balaban J connectivity index is 0.000000274. The van der Waals surface area contributed by atoms with Crippen LogP contribution in [0.15, 0.2) is 160 Å². The van der Waals surface area contributed by atoms with Gasteiger partial charge >= 0.3 is 14.2 Å². The number of rotatable bonds is 9. The fourth-order valence-electron chi connectivity index (χ4n) is 6.92. The second kappa shape index (κ2) is 29.7. The molecule has 3 unspecified atom stereocenters. The van der Waals surface area contributed by atoms with E-state index in [4.69, 9.17) is 116 Å². The van der Waals surface area contributed by atoms with E-state index in [0.717, 1.165) is 20.8 Å². The van der Waals surface area contributed by atoms with Gasteiger partial charge in [-0.15, -0.1) is 0 Å². The molecule has 10 rings (SSSR count). The molecule has 0 aliphatic rings. The number of hydrogen-bond donors (Lipinski definition) is 4. The van der Waals surface area contributed by atoms with Crippen molar-refractivity contribution in [3.63, 3.8) is 0 Å². The van der Waals surface area contributed by atoms with Crippen LogP contribution in [0.5, 0.6) is 0 Å². The molecule has 13 heteroatoms. The van der Waals surface area contributed by atoms with Gasteiger partial charge in [-0.2, -0.15) is 0 Å². The zero-order valence-corrected chi connectivity index (χ0v) is 48.1. The Morgan fingerprint density at radius 3 is 1.67 bits per heavy atom. The SMILES string of the molecule is [2H]c1c([2H])c([2H])c(-c2c([2H])c([2H])c(C([2H])(C)C([2H])([2H])[2H])c(I)c2C([2H])(C([2H])([2H])[2H])C([2H])([2H])[2H])c([2H])c1[2H].[2H]c1c([2H])c([2H])c2c(oc3c(C([2H])(C)C([2H])([2H])[2H])c(I)c(C([2H])(C([2H])([2H])[2H])C([2H])([2H])[2H])c([2H])c32)c1[2H].[2H]c1c([2H])c([2H])c2c(oc3c([2H])c(C([2H])(C([2H])([2H])[2H])C([2H])([2H])[2H])c(I)c(C([2H])(C)C([2H])([2H])[2H])c32)c1[2H].[2H]c1c([2H])c([N+]#[C-])c([2H])c(B(O)O)c1[2H].[C-]#[N+]c1cccc(B(O)O)c1. The molecular formula is C68H71B2I3N2O6. The molecule has 8 nitrogen and oxygen atoms in total. The van der Waals surface area contributed by atoms with Crippen molar-refractivity contribution >= 4 is 148 Å². The van der Waals surface area contributed by atoms with E-state index in [1.165, 1.54) is 73.8 Å². The molecule has 0 radical (unpaired) electrons. The molecule has 0 fully saturated rings. The first-order valence-electron chi connectivity index (χ1n) is 49.2. The topological polar surface area (TPSA) is 116 Å². The number of furan rings is 2. The summed E-state index contributed by atoms with van der Waals surface area (Å²) in [5.74, 6) is -18.4. The van der Waals surface area contributed by atoms with Crippen LogP contribution in [0.4, 0.5) is 11.4 Å². The van der Waals surface area contributed by atoms with Crippen molar-refractivity contribution in [1.82, 2.24) is 0 Å². The highest BCUT2D eigenvalue weighted by Crippen LogP contribution is 2.42. The number of fused-ring (bicyclic) bond motifs is 6. The molecule has 2 aromatic heterocycles. The first kappa shape index (κ1) is 23.2. The first-order chi connectivity index (χ1) is 60.3. The predicted molar refractivity (Wildman–Crippen MR) is 367 cm³/mol. The van der Waals surface area contributed by atoms with E-state index in [-0.39, 0.29) is 10.8 Å². The summed E-state index contributed by atoms with van der Waals surface area (Å²) in [5, 5.41) is 33.5. The van der Waals surface area contributed by atoms with Crippen LogP contribution >= 0.6 is 67.8 Å². The zero-order chi connectivity index (χ0) is 106. The van der Waals surface area contributed by atoms with Gasteiger partial charge in [0.15, 0.2) is 11.4 Å².